The first kappa shape index (κ1) is 13.1. The van der Waals surface area contributed by atoms with Crippen LogP contribution in [-0.2, 0) is 9.47 Å². The van der Waals surface area contributed by atoms with Crippen LogP contribution in [0.2, 0.25) is 0 Å². The van der Waals surface area contributed by atoms with Gasteiger partial charge in [0.25, 0.3) is 0 Å². The van der Waals surface area contributed by atoms with E-state index in [9.17, 15) is 10.2 Å². The van der Waals surface area contributed by atoms with Gasteiger partial charge in [0.2, 0.25) is 0 Å². The molecule has 0 spiro atoms. The van der Waals surface area contributed by atoms with Gasteiger partial charge in [0, 0.05) is 14.2 Å². The predicted octanol–water partition coefficient (Wildman–Crippen LogP) is 1.09. The predicted molar refractivity (Wildman–Crippen MR) is 59.8 cm³/mol. The van der Waals surface area contributed by atoms with Gasteiger partial charge in [-0.25, -0.2) is 0 Å². The molecule has 4 nitrogen and oxygen atoms in total. The molecule has 0 radical (unpaired) electrons. The van der Waals surface area contributed by atoms with Crippen LogP contribution in [0, 0.1) is 0 Å². The molecule has 2 N–H and O–H groups in total. The van der Waals surface area contributed by atoms with E-state index in [4.69, 9.17) is 9.47 Å². The van der Waals surface area contributed by atoms with Gasteiger partial charge in [0.1, 0.15) is 11.7 Å². The van der Waals surface area contributed by atoms with Crippen LogP contribution in [0.3, 0.4) is 0 Å². The summed E-state index contributed by atoms with van der Waals surface area (Å²) in [7, 11) is 2.83. The highest BCUT2D eigenvalue weighted by molar-refractivity contribution is 5.20. The van der Waals surface area contributed by atoms with Crippen LogP contribution in [0.15, 0.2) is 30.3 Å². The fraction of sp³-hybridized carbons (Fsp3) is 0.500. The Balaban J connectivity index is 2.91. The van der Waals surface area contributed by atoms with Crippen molar-refractivity contribution in [3.05, 3.63) is 35.9 Å². The zero-order valence-electron chi connectivity index (χ0n) is 9.75. The van der Waals surface area contributed by atoms with E-state index in [1.807, 2.05) is 6.07 Å². The number of methoxy groups -OCH3 is 2. The Morgan fingerprint density at radius 3 is 2.06 bits per heavy atom. The molecule has 0 aliphatic rings. The van der Waals surface area contributed by atoms with E-state index < -0.39 is 18.0 Å². The molecule has 2 atom stereocenters. The van der Waals surface area contributed by atoms with Gasteiger partial charge in [-0.3, -0.25) is 0 Å². The first-order valence-corrected chi connectivity index (χ1v) is 5.05. The molecule has 0 aliphatic heterocycles. The summed E-state index contributed by atoms with van der Waals surface area (Å²) in [6.45, 7) is 1.47. The van der Waals surface area contributed by atoms with Crippen LogP contribution >= 0.6 is 0 Å². The number of rotatable bonds is 5. The highest BCUT2D eigenvalue weighted by Crippen LogP contribution is 2.30. The Morgan fingerprint density at radius 2 is 1.62 bits per heavy atom. The van der Waals surface area contributed by atoms with Gasteiger partial charge >= 0.3 is 0 Å². The largest absolute Gasteiger partial charge is 0.385 e. The van der Waals surface area contributed by atoms with Crippen molar-refractivity contribution >= 4 is 0 Å². The summed E-state index contributed by atoms with van der Waals surface area (Å²) in [5, 5.41) is 20.3. The van der Waals surface area contributed by atoms with Gasteiger partial charge in [-0.2, -0.15) is 0 Å². The maximum Gasteiger partial charge on any atom is 0.188 e. The van der Waals surface area contributed by atoms with Crippen molar-refractivity contribution < 1.29 is 19.7 Å². The van der Waals surface area contributed by atoms with E-state index in [1.54, 1.807) is 24.3 Å². The molecule has 0 fully saturated rings. The van der Waals surface area contributed by atoms with Gasteiger partial charge in [-0.15, -0.1) is 0 Å². The van der Waals surface area contributed by atoms with Gasteiger partial charge < -0.3 is 19.7 Å². The second kappa shape index (κ2) is 5.41. The molecule has 0 unspecified atom stereocenters. The quantitative estimate of drug-likeness (QED) is 0.738. The molecule has 0 aromatic heterocycles. The van der Waals surface area contributed by atoms with Crippen LogP contribution < -0.4 is 0 Å². The number of hydrogen-bond donors (Lipinski definition) is 2. The minimum Gasteiger partial charge on any atom is -0.385 e. The third-order valence-corrected chi connectivity index (χ3v) is 2.57. The van der Waals surface area contributed by atoms with Crippen molar-refractivity contribution in [2.45, 2.75) is 24.9 Å². The Bertz CT molecular complexity index is 306. The molecule has 0 saturated heterocycles. The van der Waals surface area contributed by atoms with Gasteiger partial charge in [-0.1, -0.05) is 30.3 Å². The Hall–Kier alpha value is -0.940. The van der Waals surface area contributed by atoms with Crippen molar-refractivity contribution in [1.29, 1.82) is 0 Å². The van der Waals surface area contributed by atoms with Crippen LogP contribution in [-0.4, -0.2) is 36.3 Å². The zero-order valence-corrected chi connectivity index (χ0v) is 9.75. The standard InChI is InChI=1S/C12H18O4/c1-12(14,11(15-2)16-3)10(13)9-7-5-4-6-8-9/h4-8,10-11,13-14H,1-3H3/t10-,12-/m1/s1. The summed E-state index contributed by atoms with van der Waals surface area (Å²) in [6, 6.07) is 8.91. The SMILES string of the molecule is COC(OC)[C@](C)(O)[C@H](O)c1ccccc1. The van der Waals surface area contributed by atoms with E-state index in [2.05, 4.69) is 0 Å². The average molecular weight is 226 g/mol. The van der Waals surface area contributed by atoms with Crippen molar-refractivity contribution in [3.63, 3.8) is 0 Å². The lowest BCUT2D eigenvalue weighted by atomic mass is 9.92. The summed E-state index contributed by atoms with van der Waals surface area (Å²) in [6.07, 6.45) is -1.96. The van der Waals surface area contributed by atoms with Crippen molar-refractivity contribution in [2.75, 3.05) is 14.2 Å². The first-order valence-electron chi connectivity index (χ1n) is 5.05. The number of benzene rings is 1. The molecular formula is C12H18O4. The highest BCUT2D eigenvalue weighted by Gasteiger charge is 2.40. The number of hydrogen-bond acceptors (Lipinski definition) is 4. The summed E-state index contributed by atoms with van der Waals surface area (Å²) in [5.74, 6) is 0. The van der Waals surface area contributed by atoms with Gasteiger partial charge in [0.15, 0.2) is 6.29 Å². The second-order valence-corrected chi connectivity index (χ2v) is 3.84. The van der Waals surface area contributed by atoms with Crippen LogP contribution in [0.5, 0.6) is 0 Å². The zero-order chi connectivity index (χ0) is 12.2. The topological polar surface area (TPSA) is 58.9 Å². The van der Waals surface area contributed by atoms with Gasteiger partial charge in [-0.05, 0) is 12.5 Å². The molecule has 0 amide bonds. The fourth-order valence-corrected chi connectivity index (χ4v) is 1.68. The molecule has 0 aliphatic carbocycles. The molecule has 0 bridgehead atoms. The van der Waals surface area contributed by atoms with Crippen LogP contribution in [0.4, 0.5) is 0 Å². The second-order valence-electron chi connectivity index (χ2n) is 3.84. The normalized spacial score (nSPS) is 17.1. The minimum absolute atomic E-state index is 0.617. The molecule has 1 aromatic carbocycles. The Labute approximate surface area is 95.4 Å². The number of aliphatic hydroxyl groups excluding tert-OH is 1. The minimum atomic E-state index is -1.51. The monoisotopic (exact) mass is 226 g/mol. The van der Waals surface area contributed by atoms with Crippen molar-refractivity contribution in [2.24, 2.45) is 0 Å². The average Bonchev–Trinajstić information content (AvgIpc) is 2.30. The third-order valence-electron chi connectivity index (χ3n) is 2.57. The maximum atomic E-state index is 10.2. The summed E-state index contributed by atoms with van der Waals surface area (Å²) in [4.78, 5) is 0. The van der Waals surface area contributed by atoms with E-state index in [-0.39, 0.29) is 0 Å². The Kier molecular flexibility index (Phi) is 4.44. The molecule has 4 heteroatoms. The van der Waals surface area contributed by atoms with Crippen molar-refractivity contribution in [3.8, 4) is 0 Å². The fourth-order valence-electron chi connectivity index (χ4n) is 1.68. The molecule has 1 rings (SSSR count). The lowest BCUT2D eigenvalue weighted by molar-refractivity contribution is -0.241. The highest BCUT2D eigenvalue weighted by atomic mass is 16.7. The van der Waals surface area contributed by atoms with Crippen LogP contribution in [0.1, 0.15) is 18.6 Å². The maximum absolute atomic E-state index is 10.2. The lowest BCUT2D eigenvalue weighted by Gasteiger charge is -2.34. The van der Waals surface area contributed by atoms with E-state index in [1.165, 1.54) is 21.1 Å². The number of ether oxygens (including phenoxy) is 2. The molecule has 0 saturated carbocycles. The number of aliphatic hydroxyl groups is 2. The lowest BCUT2D eigenvalue weighted by Crippen LogP contribution is -2.47. The Morgan fingerprint density at radius 1 is 1.12 bits per heavy atom. The first-order chi connectivity index (χ1) is 7.54. The molecule has 90 valence electrons. The molecule has 16 heavy (non-hydrogen) atoms. The van der Waals surface area contributed by atoms with Gasteiger partial charge in [0.05, 0.1) is 0 Å². The molecule has 1 aromatic rings. The molecular weight excluding hydrogens is 208 g/mol. The smallest absolute Gasteiger partial charge is 0.188 e. The summed E-state index contributed by atoms with van der Waals surface area (Å²) < 4.78 is 9.95. The van der Waals surface area contributed by atoms with Crippen molar-refractivity contribution in [1.82, 2.24) is 0 Å². The summed E-state index contributed by atoms with van der Waals surface area (Å²) >= 11 is 0. The van der Waals surface area contributed by atoms with Crippen LogP contribution in [0.25, 0.3) is 0 Å². The summed E-state index contributed by atoms with van der Waals surface area (Å²) in [5.41, 5.74) is -0.892. The van der Waals surface area contributed by atoms with E-state index in [0.717, 1.165) is 0 Å². The molecule has 0 heterocycles. The van der Waals surface area contributed by atoms with E-state index >= 15 is 0 Å². The third kappa shape index (κ3) is 2.59. The van der Waals surface area contributed by atoms with E-state index in [0.29, 0.717) is 5.56 Å².